The number of ether oxygens (including phenoxy) is 2. The highest BCUT2D eigenvalue weighted by Crippen LogP contribution is 2.48. The van der Waals surface area contributed by atoms with Crippen LogP contribution in [-0.2, 0) is 0 Å². The van der Waals surface area contributed by atoms with Gasteiger partial charge >= 0.3 is 0 Å². The van der Waals surface area contributed by atoms with Crippen molar-refractivity contribution in [2.24, 2.45) is 0 Å². The standard InChI is InChI=1S/C9H5Cl3O2/c1-4-5(10)7(12)9-8(6(4)11)13-2-3-14-9/h2-3H,1H3. The Balaban J connectivity index is 2.74. The number of hydrogen-bond donors (Lipinski definition) is 0. The van der Waals surface area contributed by atoms with E-state index in [9.17, 15) is 0 Å². The molecule has 0 aliphatic carbocycles. The van der Waals surface area contributed by atoms with Crippen molar-refractivity contribution in [3.63, 3.8) is 0 Å². The molecule has 2 nitrogen and oxygen atoms in total. The molecule has 0 amide bonds. The van der Waals surface area contributed by atoms with Gasteiger partial charge in [-0.1, -0.05) is 34.8 Å². The third-order valence-corrected chi connectivity index (χ3v) is 3.27. The summed E-state index contributed by atoms with van der Waals surface area (Å²) in [7, 11) is 0. The van der Waals surface area contributed by atoms with Crippen molar-refractivity contribution < 1.29 is 9.47 Å². The molecule has 1 heterocycles. The van der Waals surface area contributed by atoms with Crippen LogP contribution in [0.3, 0.4) is 0 Å². The molecule has 0 saturated heterocycles. The monoisotopic (exact) mass is 250 g/mol. The molecule has 0 atom stereocenters. The first kappa shape index (κ1) is 9.97. The summed E-state index contributed by atoms with van der Waals surface area (Å²) in [6.45, 7) is 1.76. The highest BCUT2D eigenvalue weighted by Gasteiger charge is 2.22. The summed E-state index contributed by atoms with van der Waals surface area (Å²) < 4.78 is 10.4. The van der Waals surface area contributed by atoms with E-state index in [0.717, 1.165) is 0 Å². The zero-order valence-corrected chi connectivity index (χ0v) is 9.37. The van der Waals surface area contributed by atoms with Gasteiger partial charge in [0.2, 0.25) is 0 Å². The Morgan fingerprint density at radius 1 is 0.857 bits per heavy atom. The molecule has 1 aliphatic heterocycles. The molecule has 0 aromatic heterocycles. The zero-order chi connectivity index (χ0) is 10.3. The van der Waals surface area contributed by atoms with Gasteiger partial charge < -0.3 is 9.47 Å². The van der Waals surface area contributed by atoms with Crippen molar-refractivity contribution in [3.05, 3.63) is 33.2 Å². The second-order valence-corrected chi connectivity index (χ2v) is 3.87. The SMILES string of the molecule is Cc1c(Cl)c(Cl)c2c(c1Cl)OC=CO2. The lowest BCUT2D eigenvalue weighted by molar-refractivity contribution is 0.362. The Hall–Kier alpha value is -0.570. The predicted molar refractivity (Wildman–Crippen MR) is 56.6 cm³/mol. The van der Waals surface area contributed by atoms with E-state index in [1.807, 2.05) is 0 Å². The van der Waals surface area contributed by atoms with Crippen LogP contribution in [0.15, 0.2) is 12.5 Å². The fraction of sp³-hybridized carbons (Fsp3) is 0.111. The Bertz CT molecular complexity index is 388. The summed E-state index contributed by atoms with van der Waals surface area (Å²) in [5, 5.41) is 1.11. The maximum absolute atomic E-state index is 6.01. The van der Waals surface area contributed by atoms with E-state index in [4.69, 9.17) is 44.3 Å². The van der Waals surface area contributed by atoms with Crippen LogP contribution in [0.2, 0.25) is 15.1 Å². The van der Waals surface area contributed by atoms with Gasteiger partial charge in [-0.15, -0.1) is 0 Å². The maximum Gasteiger partial charge on any atom is 0.190 e. The number of benzene rings is 1. The Morgan fingerprint density at radius 3 is 1.93 bits per heavy atom. The Morgan fingerprint density at radius 2 is 1.36 bits per heavy atom. The minimum Gasteiger partial charge on any atom is -0.456 e. The topological polar surface area (TPSA) is 18.5 Å². The van der Waals surface area contributed by atoms with Crippen LogP contribution in [0, 0.1) is 6.92 Å². The van der Waals surface area contributed by atoms with Crippen molar-refractivity contribution in [2.45, 2.75) is 6.92 Å². The molecule has 0 saturated carbocycles. The van der Waals surface area contributed by atoms with Gasteiger partial charge in [-0.05, 0) is 12.5 Å². The van der Waals surface area contributed by atoms with Crippen LogP contribution < -0.4 is 9.47 Å². The maximum atomic E-state index is 6.01. The quantitative estimate of drug-likeness (QED) is 0.644. The average molecular weight is 251 g/mol. The molecule has 0 fully saturated rings. The molecule has 0 N–H and O–H groups in total. The Labute approximate surface area is 96.0 Å². The van der Waals surface area contributed by atoms with Gasteiger partial charge in [0.15, 0.2) is 11.5 Å². The molecule has 0 spiro atoms. The van der Waals surface area contributed by atoms with E-state index < -0.39 is 0 Å². The summed E-state index contributed by atoms with van der Waals surface area (Å²) in [6, 6.07) is 0. The predicted octanol–water partition coefficient (Wildman–Crippen LogP) is 4.20. The van der Waals surface area contributed by atoms with Crippen molar-refractivity contribution >= 4 is 34.8 Å². The van der Waals surface area contributed by atoms with E-state index in [2.05, 4.69) is 0 Å². The van der Waals surface area contributed by atoms with E-state index >= 15 is 0 Å². The molecule has 0 bridgehead atoms. The van der Waals surface area contributed by atoms with E-state index in [1.54, 1.807) is 6.92 Å². The second-order valence-electron chi connectivity index (χ2n) is 2.73. The van der Waals surface area contributed by atoms with E-state index in [1.165, 1.54) is 12.5 Å². The highest BCUT2D eigenvalue weighted by atomic mass is 35.5. The summed E-state index contributed by atoms with van der Waals surface area (Å²) in [4.78, 5) is 0. The molecule has 5 heteroatoms. The lowest BCUT2D eigenvalue weighted by atomic mass is 10.2. The smallest absolute Gasteiger partial charge is 0.190 e. The Kier molecular flexibility index (Phi) is 2.52. The van der Waals surface area contributed by atoms with Gasteiger partial charge in [-0.25, -0.2) is 0 Å². The second kappa shape index (κ2) is 3.54. The van der Waals surface area contributed by atoms with Gasteiger partial charge in [0.05, 0.1) is 10.0 Å². The molecule has 0 unspecified atom stereocenters. The first-order valence-electron chi connectivity index (χ1n) is 3.78. The normalized spacial score (nSPS) is 13.1. The van der Waals surface area contributed by atoms with Crippen LogP contribution in [0.1, 0.15) is 5.56 Å². The highest BCUT2D eigenvalue weighted by molar-refractivity contribution is 6.45. The van der Waals surface area contributed by atoms with Gasteiger partial charge in [0, 0.05) is 0 Å². The van der Waals surface area contributed by atoms with Crippen molar-refractivity contribution in [3.8, 4) is 11.5 Å². The molecule has 0 radical (unpaired) electrons. The number of rotatable bonds is 0. The zero-order valence-electron chi connectivity index (χ0n) is 7.11. The fourth-order valence-corrected chi connectivity index (χ4v) is 1.86. The molecular weight excluding hydrogens is 246 g/mol. The van der Waals surface area contributed by atoms with Crippen LogP contribution in [0.5, 0.6) is 11.5 Å². The first-order valence-corrected chi connectivity index (χ1v) is 4.91. The lowest BCUT2D eigenvalue weighted by Gasteiger charge is -2.17. The van der Waals surface area contributed by atoms with E-state index in [0.29, 0.717) is 32.1 Å². The van der Waals surface area contributed by atoms with Gasteiger partial charge in [0.1, 0.15) is 17.5 Å². The minimum atomic E-state index is 0.313. The number of fused-ring (bicyclic) bond motifs is 1. The van der Waals surface area contributed by atoms with E-state index in [-0.39, 0.29) is 0 Å². The molecule has 1 aromatic carbocycles. The first-order chi connectivity index (χ1) is 6.63. The summed E-state index contributed by atoms with van der Waals surface area (Å²) in [6.07, 6.45) is 2.76. The van der Waals surface area contributed by atoms with Gasteiger partial charge in [0.25, 0.3) is 0 Å². The molecule has 14 heavy (non-hydrogen) atoms. The molecule has 74 valence electrons. The lowest BCUT2D eigenvalue weighted by Crippen LogP contribution is -1.99. The molecule has 1 aromatic rings. The van der Waals surface area contributed by atoms with Gasteiger partial charge in [-0.3, -0.25) is 0 Å². The van der Waals surface area contributed by atoms with Crippen molar-refractivity contribution in [1.29, 1.82) is 0 Å². The summed E-state index contributed by atoms with van der Waals surface area (Å²) in [5.41, 5.74) is 0.677. The molecule has 2 rings (SSSR count). The average Bonchev–Trinajstić information content (AvgIpc) is 2.23. The summed E-state index contributed by atoms with van der Waals surface area (Å²) >= 11 is 17.9. The van der Waals surface area contributed by atoms with Gasteiger partial charge in [-0.2, -0.15) is 0 Å². The number of hydrogen-bond acceptors (Lipinski definition) is 2. The van der Waals surface area contributed by atoms with Crippen molar-refractivity contribution in [2.75, 3.05) is 0 Å². The van der Waals surface area contributed by atoms with Crippen molar-refractivity contribution in [1.82, 2.24) is 0 Å². The van der Waals surface area contributed by atoms with Crippen LogP contribution in [0.4, 0.5) is 0 Å². The third-order valence-electron chi connectivity index (χ3n) is 1.88. The third kappa shape index (κ3) is 1.34. The number of halogens is 3. The largest absolute Gasteiger partial charge is 0.456 e. The fourth-order valence-electron chi connectivity index (χ4n) is 1.13. The summed E-state index contributed by atoms with van der Waals surface area (Å²) in [5.74, 6) is 0.760. The molecular formula is C9H5Cl3O2. The van der Waals surface area contributed by atoms with Crippen LogP contribution in [-0.4, -0.2) is 0 Å². The van der Waals surface area contributed by atoms with Crippen LogP contribution in [0.25, 0.3) is 0 Å². The van der Waals surface area contributed by atoms with Crippen LogP contribution >= 0.6 is 34.8 Å². The minimum absolute atomic E-state index is 0.313. The molecule has 1 aliphatic rings.